The summed E-state index contributed by atoms with van der Waals surface area (Å²) >= 11 is 0. The summed E-state index contributed by atoms with van der Waals surface area (Å²) in [6, 6.07) is 3.41. The van der Waals surface area contributed by atoms with Gasteiger partial charge in [-0.1, -0.05) is 24.3 Å². The molecule has 1 aromatic carbocycles. The van der Waals surface area contributed by atoms with Gasteiger partial charge < -0.3 is 40.6 Å². The van der Waals surface area contributed by atoms with Crippen LogP contribution in [-0.4, -0.2) is 76.5 Å². The molecule has 0 radical (unpaired) electrons. The Morgan fingerprint density at radius 2 is 1.12 bits per heavy atom. The van der Waals surface area contributed by atoms with Gasteiger partial charge in [0.1, 0.15) is 28.9 Å². The highest BCUT2D eigenvalue weighted by Gasteiger charge is 2.31. The van der Waals surface area contributed by atoms with Crippen LogP contribution in [0.15, 0.2) is 24.3 Å². The third-order valence-corrected chi connectivity index (χ3v) is 6.09. The number of carbonyl (C=O) groups excluding carboxylic acids is 5. The van der Waals surface area contributed by atoms with Gasteiger partial charge in [-0.25, -0.2) is 19.2 Å². The van der Waals surface area contributed by atoms with Crippen molar-refractivity contribution in [1.29, 1.82) is 0 Å². The second kappa shape index (κ2) is 18.8. The van der Waals surface area contributed by atoms with E-state index in [1.165, 1.54) is 0 Å². The van der Waals surface area contributed by atoms with Crippen LogP contribution in [0.2, 0.25) is 0 Å². The number of benzene rings is 1. The molecule has 0 saturated heterocycles. The van der Waals surface area contributed by atoms with Gasteiger partial charge in [0.25, 0.3) is 0 Å². The minimum Gasteiger partial charge on any atom is -0.481 e. The van der Waals surface area contributed by atoms with E-state index in [9.17, 15) is 28.8 Å². The SMILES string of the molecule is CC(C)(C)OC(=O)CC[C@@H](NC(=O)N[C@H](CCCCNC(=O)NCc1ccc(CC(=O)O)cc1)C(=O)OC(C)(C)C)C(=O)OC(C)(C)C. The number of carboxylic acids is 1. The van der Waals surface area contributed by atoms with E-state index >= 15 is 0 Å². The minimum absolute atomic E-state index is 0.0778. The maximum absolute atomic E-state index is 13.1. The van der Waals surface area contributed by atoms with Crippen LogP contribution in [0.3, 0.4) is 0 Å². The first-order valence-electron chi connectivity index (χ1n) is 16.1. The predicted molar refractivity (Wildman–Crippen MR) is 178 cm³/mol. The predicted octanol–water partition coefficient (Wildman–Crippen LogP) is 4.12. The van der Waals surface area contributed by atoms with Gasteiger partial charge in [-0.05, 0) is 99.1 Å². The Morgan fingerprint density at radius 1 is 0.646 bits per heavy atom. The Morgan fingerprint density at radius 3 is 1.60 bits per heavy atom. The molecule has 0 aliphatic rings. The summed E-state index contributed by atoms with van der Waals surface area (Å²) in [6.45, 7) is 15.8. The number of urea groups is 2. The lowest BCUT2D eigenvalue weighted by atomic mass is 10.1. The molecule has 0 saturated carbocycles. The summed E-state index contributed by atoms with van der Waals surface area (Å²) in [6.07, 6.45) is 0.781. The molecule has 0 aliphatic carbocycles. The van der Waals surface area contributed by atoms with Gasteiger partial charge in [0.2, 0.25) is 0 Å². The molecule has 0 heterocycles. The number of esters is 3. The summed E-state index contributed by atoms with van der Waals surface area (Å²) in [5.74, 6) is -2.87. The zero-order valence-electron chi connectivity index (χ0n) is 29.7. The van der Waals surface area contributed by atoms with Gasteiger partial charge >= 0.3 is 35.9 Å². The number of carboxylic acid groups (broad SMARTS) is 1. The van der Waals surface area contributed by atoms with Crippen molar-refractivity contribution in [2.24, 2.45) is 0 Å². The fourth-order valence-electron chi connectivity index (χ4n) is 4.13. The Bertz CT molecular complexity index is 1240. The number of hydrogen-bond acceptors (Lipinski definition) is 9. The molecule has 0 aromatic heterocycles. The number of carbonyl (C=O) groups is 6. The summed E-state index contributed by atoms with van der Waals surface area (Å²) in [5.41, 5.74) is -0.924. The van der Waals surface area contributed by atoms with Gasteiger partial charge in [0.15, 0.2) is 0 Å². The van der Waals surface area contributed by atoms with Crippen molar-refractivity contribution in [2.45, 2.75) is 136 Å². The Kier molecular flexibility index (Phi) is 16.4. The highest BCUT2D eigenvalue weighted by molar-refractivity contribution is 5.87. The molecule has 14 nitrogen and oxygen atoms in total. The summed E-state index contributed by atoms with van der Waals surface area (Å²) in [5, 5.41) is 19.4. The first-order valence-corrected chi connectivity index (χ1v) is 16.1. The van der Waals surface area contributed by atoms with E-state index < -0.39 is 64.8 Å². The number of aliphatic carboxylic acids is 1. The number of rotatable bonds is 16. The number of nitrogens with one attached hydrogen (secondary N) is 4. The number of unbranched alkanes of at least 4 members (excludes halogenated alkanes) is 1. The molecule has 0 aliphatic heterocycles. The van der Waals surface area contributed by atoms with Crippen molar-refractivity contribution in [3.05, 3.63) is 35.4 Å². The molecular formula is C34H54N4O10. The summed E-state index contributed by atoms with van der Waals surface area (Å²) < 4.78 is 16.3. The smallest absolute Gasteiger partial charge is 0.329 e. The maximum Gasteiger partial charge on any atom is 0.329 e. The van der Waals surface area contributed by atoms with Crippen LogP contribution >= 0.6 is 0 Å². The number of amides is 4. The van der Waals surface area contributed by atoms with Gasteiger partial charge in [-0.3, -0.25) is 9.59 Å². The van der Waals surface area contributed by atoms with Gasteiger partial charge in [-0.15, -0.1) is 0 Å². The fourth-order valence-corrected chi connectivity index (χ4v) is 4.13. The van der Waals surface area contributed by atoms with Crippen molar-refractivity contribution in [3.8, 4) is 0 Å². The van der Waals surface area contributed by atoms with E-state index in [1.54, 1.807) is 86.6 Å². The monoisotopic (exact) mass is 678 g/mol. The zero-order valence-corrected chi connectivity index (χ0v) is 29.7. The third-order valence-electron chi connectivity index (χ3n) is 6.09. The van der Waals surface area contributed by atoms with E-state index in [4.69, 9.17) is 19.3 Å². The first-order chi connectivity index (χ1) is 22.0. The highest BCUT2D eigenvalue weighted by atomic mass is 16.6. The topological polar surface area (TPSA) is 198 Å². The Balaban J connectivity index is 2.75. The molecule has 5 N–H and O–H groups in total. The first kappa shape index (κ1) is 41.7. The molecule has 14 heteroatoms. The van der Waals surface area contributed by atoms with Gasteiger partial charge in [-0.2, -0.15) is 0 Å². The van der Waals surface area contributed by atoms with E-state index in [0.29, 0.717) is 24.9 Å². The molecule has 4 amide bonds. The summed E-state index contributed by atoms with van der Waals surface area (Å²) in [4.78, 5) is 74.3. The molecule has 1 aromatic rings. The number of hydrogen-bond donors (Lipinski definition) is 5. The van der Waals surface area contributed by atoms with E-state index in [0.717, 1.165) is 5.56 Å². The number of ether oxygens (including phenoxy) is 3. The fraction of sp³-hybridized carbons (Fsp3) is 0.647. The minimum atomic E-state index is -1.19. The van der Waals surface area contributed by atoms with Crippen LogP contribution < -0.4 is 21.3 Å². The molecule has 0 spiro atoms. The maximum atomic E-state index is 13.1. The van der Waals surface area contributed by atoms with Gasteiger partial charge in [0.05, 0.1) is 6.42 Å². The largest absolute Gasteiger partial charge is 0.481 e. The lowest BCUT2D eigenvalue weighted by Crippen LogP contribution is -2.53. The molecular weight excluding hydrogens is 624 g/mol. The lowest BCUT2D eigenvalue weighted by molar-refractivity contribution is -0.159. The van der Waals surface area contributed by atoms with Crippen LogP contribution in [0, 0.1) is 0 Å². The molecule has 0 unspecified atom stereocenters. The van der Waals surface area contributed by atoms with E-state index in [1.807, 2.05) is 0 Å². The van der Waals surface area contributed by atoms with Crippen molar-refractivity contribution in [2.75, 3.05) is 6.54 Å². The van der Waals surface area contributed by atoms with Crippen molar-refractivity contribution >= 4 is 35.9 Å². The van der Waals surface area contributed by atoms with Crippen molar-refractivity contribution in [1.82, 2.24) is 21.3 Å². The standard InChI is InChI=1S/C34H54N4O10/c1-32(2,3)46-27(41)18-17-25(29(43)48-34(7,8)9)38-31(45)37-24(28(42)47-33(4,5)6)12-10-11-19-35-30(44)36-21-23-15-13-22(14-16-23)20-26(39)40/h13-16,24-25H,10-12,17-21H2,1-9H3,(H,39,40)(H2,35,36,44)(H2,37,38,45)/t24-,25-/m1/s1. The average Bonchev–Trinajstić information content (AvgIpc) is 2.90. The Hall–Kier alpha value is -4.36. The molecule has 48 heavy (non-hydrogen) atoms. The summed E-state index contributed by atoms with van der Waals surface area (Å²) in [7, 11) is 0. The van der Waals surface area contributed by atoms with Crippen LogP contribution in [0.25, 0.3) is 0 Å². The highest BCUT2D eigenvalue weighted by Crippen LogP contribution is 2.15. The quantitative estimate of drug-likeness (QED) is 0.0963. The van der Waals surface area contributed by atoms with Crippen LogP contribution in [0.5, 0.6) is 0 Å². The Labute approximate surface area is 283 Å². The van der Waals surface area contributed by atoms with E-state index in [2.05, 4.69) is 21.3 Å². The molecule has 1 rings (SSSR count). The van der Waals surface area contributed by atoms with E-state index in [-0.39, 0.29) is 32.2 Å². The average molecular weight is 679 g/mol. The van der Waals surface area contributed by atoms with Gasteiger partial charge in [0, 0.05) is 19.5 Å². The second-order valence-electron chi connectivity index (χ2n) is 14.4. The third kappa shape index (κ3) is 20.0. The van der Waals surface area contributed by atoms with Crippen LogP contribution in [0.1, 0.15) is 106 Å². The van der Waals surface area contributed by atoms with Crippen LogP contribution in [0.4, 0.5) is 9.59 Å². The zero-order chi connectivity index (χ0) is 36.7. The lowest BCUT2D eigenvalue weighted by Gasteiger charge is -2.27. The normalized spacial score (nSPS) is 12.9. The molecule has 0 fully saturated rings. The van der Waals surface area contributed by atoms with Crippen molar-refractivity contribution < 1.29 is 48.1 Å². The molecule has 0 bridgehead atoms. The van der Waals surface area contributed by atoms with Crippen LogP contribution in [-0.2, 0) is 46.4 Å². The second-order valence-corrected chi connectivity index (χ2v) is 14.4. The molecule has 2 atom stereocenters. The molecule has 270 valence electrons. The van der Waals surface area contributed by atoms with Crippen molar-refractivity contribution in [3.63, 3.8) is 0 Å².